The molecule has 2 aliphatic carbocycles. The third-order valence-corrected chi connectivity index (χ3v) is 6.92. The first-order chi connectivity index (χ1) is 13.9. The van der Waals surface area contributed by atoms with Gasteiger partial charge in [0.05, 0.1) is 18.4 Å². The molecule has 0 bridgehead atoms. The molecule has 0 radical (unpaired) electrons. The van der Waals surface area contributed by atoms with Gasteiger partial charge in [0.15, 0.2) is 9.92 Å². The number of hydrogen-bond acceptors (Lipinski definition) is 6. The first kappa shape index (κ1) is 18.5. The van der Waals surface area contributed by atoms with E-state index in [1.54, 1.807) is 0 Å². The van der Waals surface area contributed by atoms with E-state index >= 15 is 0 Å². The van der Waals surface area contributed by atoms with Crippen molar-refractivity contribution in [1.29, 1.82) is 0 Å². The number of fused-ring (bicyclic) bond motifs is 3. The van der Waals surface area contributed by atoms with Crippen LogP contribution in [-0.2, 0) is 42.1 Å². The van der Waals surface area contributed by atoms with E-state index in [1.165, 1.54) is 10.9 Å². The lowest BCUT2D eigenvalue weighted by molar-refractivity contribution is 0.0538. The van der Waals surface area contributed by atoms with Crippen LogP contribution in [0.5, 0.6) is 5.88 Å². The molecule has 2 aromatic heterocycles. The third-order valence-electron chi connectivity index (χ3n) is 5.57. The number of hydrogen-bond donors (Lipinski definition) is 3. The zero-order valence-corrected chi connectivity index (χ0v) is 16.6. The number of aromatic nitrogens is 3. The Morgan fingerprint density at radius 3 is 2.66 bits per heavy atom. The lowest BCUT2D eigenvalue weighted by atomic mass is 10.1. The lowest BCUT2D eigenvalue weighted by Gasteiger charge is -2.20. The highest BCUT2D eigenvalue weighted by Crippen LogP contribution is 2.36. The number of nitrogens with one attached hydrogen (secondary N) is 1. The zero-order valence-electron chi connectivity index (χ0n) is 15.8. The van der Waals surface area contributed by atoms with Crippen molar-refractivity contribution in [2.24, 2.45) is 9.50 Å². The molecule has 3 aliphatic rings. The Hall–Kier alpha value is -2.50. The average Bonchev–Trinajstić information content (AvgIpc) is 3.39. The smallest absolute Gasteiger partial charge is 0.354 e. The van der Waals surface area contributed by atoms with Crippen LogP contribution in [0.1, 0.15) is 35.4 Å². The molecule has 2 unspecified atom stereocenters. The second kappa shape index (κ2) is 6.78. The first-order valence-electron chi connectivity index (χ1n) is 9.68. The third kappa shape index (κ3) is 3.18. The second-order valence-electron chi connectivity index (χ2n) is 7.60. The van der Waals surface area contributed by atoms with Gasteiger partial charge in [0, 0.05) is 11.4 Å². The molecule has 2 aromatic rings. The molecule has 10 nitrogen and oxygen atoms in total. The molecule has 154 valence electrons. The molecule has 1 aliphatic heterocycles. The molecule has 4 N–H and O–H groups in total. The number of ether oxygens (including phenoxy) is 1. The van der Waals surface area contributed by atoms with Crippen LogP contribution in [0.4, 0.5) is 10.5 Å². The van der Waals surface area contributed by atoms with Gasteiger partial charge >= 0.3 is 6.03 Å². The van der Waals surface area contributed by atoms with Gasteiger partial charge in [-0.15, -0.1) is 4.36 Å². The molecule has 2 atom stereocenters. The number of pyridine rings is 1. The molecule has 2 amide bonds. The monoisotopic (exact) mass is 418 g/mol. The number of carbonyl (C=O) groups excluding carboxylic acids is 1. The van der Waals surface area contributed by atoms with Crippen molar-refractivity contribution in [1.82, 2.24) is 14.8 Å². The minimum atomic E-state index is -3.57. The number of carbonyl (C=O) groups is 1. The van der Waals surface area contributed by atoms with E-state index in [2.05, 4.69) is 14.8 Å². The highest BCUT2D eigenvalue weighted by Gasteiger charge is 2.29. The number of rotatable bonds is 2. The second-order valence-corrected chi connectivity index (χ2v) is 9.36. The van der Waals surface area contributed by atoms with Crippen molar-refractivity contribution in [3.63, 3.8) is 0 Å². The summed E-state index contributed by atoms with van der Waals surface area (Å²) in [6.45, 7) is 0.238. The summed E-state index contributed by atoms with van der Waals surface area (Å²) in [5, 5.41) is 22.4. The fraction of sp³-hybridized carbons (Fsp3) is 0.500. The van der Waals surface area contributed by atoms with Crippen molar-refractivity contribution in [3.8, 4) is 5.88 Å². The summed E-state index contributed by atoms with van der Waals surface area (Å²) < 4.78 is 23.5. The quantitative estimate of drug-likeness (QED) is 0.662. The normalized spacial score (nSPS) is 21.5. The summed E-state index contributed by atoms with van der Waals surface area (Å²) in [7, 11) is -3.57. The van der Waals surface area contributed by atoms with E-state index < -0.39 is 22.1 Å². The number of urea groups is 1. The van der Waals surface area contributed by atoms with Crippen LogP contribution in [-0.4, -0.2) is 42.8 Å². The maximum absolute atomic E-state index is 13.0. The van der Waals surface area contributed by atoms with E-state index in [4.69, 9.17) is 14.9 Å². The van der Waals surface area contributed by atoms with Crippen molar-refractivity contribution < 1.29 is 18.8 Å². The molecule has 29 heavy (non-hydrogen) atoms. The predicted octanol–water partition coefficient (Wildman–Crippen LogP) is 0.942. The highest BCUT2D eigenvalue weighted by molar-refractivity contribution is 7.91. The Balaban J connectivity index is 1.47. The number of aliphatic hydroxyl groups excluding tert-OH is 1. The SMILES string of the molecule is NS(=O)(=NC(=O)Nc1c2c(nc3c1CCC3)CCC2)c1cnn2c1OCC(O)C2. The maximum Gasteiger partial charge on any atom is 0.354 e. The largest absolute Gasteiger partial charge is 0.474 e. The van der Waals surface area contributed by atoms with Gasteiger partial charge < -0.3 is 15.2 Å². The Morgan fingerprint density at radius 2 is 1.97 bits per heavy atom. The van der Waals surface area contributed by atoms with Gasteiger partial charge in [-0.05, 0) is 49.7 Å². The van der Waals surface area contributed by atoms with Crippen LogP contribution in [0.3, 0.4) is 0 Å². The van der Waals surface area contributed by atoms with Crippen molar-refractivity contribution in [2.75, 3.05) is 11.9 Å². The Bertz CT molecular complexity index is 1100. The van der Waals surface area contributed by atoms with Crippen LogP contribution < -0.4 is 15.2 Å². The molecule has 0 saturated heterocycles. The van der Waals surface area contributed by atoms with Crippen LogP contribution in [0, 0.1) is 0 Å². The van der Waals surface area contributed by atoms with E-state index in [-0.39, 0.29) is 23.9 Å². The zero-order chi connectivity index (χ0) is 20.2. The van der Waals surface area contributed by atoms with Gasteiger partial charge in [0.25, 0.3) is 0 Å². The minimum Gasteiger partial charge on any atom is -0.474 e. The van der Waals surface area contributed by atoms with Gasteiger partial charge in [-0.25, -0.2) is 18.8 Å². The molecule has 3 heterocycles. The van der Waals surface area contributed by atoms with Gasteiger partial charge in [-0.3, -0.25) is 4.98 Å². The summed E-state index contributed by atoms with van der Waals surface area (Å²) >= 11 is 0. The predicted molar refractivity (Wildman–Crippen MR) is 104 cm³/mol. The highest BCUT2D eigenvalue weighted by atomic mass is 32.2. The fourth-order valence-corrected chi connectivity index (χ4v) is 5.30. The summed E-state index contributed by atoms with van der Waals surface area (Å²) in [6.07, 6.45) is 6.10. The van der Waals surface area contributed by atoms with Gasteiger partial charge in [-0.1, -0.05) is 0 Å². The molecule has 0 fully saturated rings. The molecule has 0 saturated carbocycles. The topological polar surface area (TPSA) is 145 Å². The molecular formula is C18H22N6O4S. The van der Waals surface area contributed by atoms with Crippen molar-refractivity contribution >= 4 is 21.6 Å². The first-order valence-corrected chi connectivity index (χ1v) is 11.3. The number of anilines is 1. The minimum absolute atomic E-state index is 0.0374. The van der Waals surface area contributed by atoms with E-state index in [1.807, 2.05) is 0 Å². The Labute approximate surface area is 167 Å². The van der Waals surface area contributed by atoms with E-state index in [0.29, 0.717) is 0 Å². The van der Waals surface area contributed by atoms with Gasteiger partial charge in [-0.2, -0.15) is 5.10 Å². The standard InChI is InChI=1S/C18H22N6O4S/c19-29(27,15-7-20-24-8-10(25)9-28-17(15)24)23-18(26)22-16-11-3-1-5-13(11)21-14-6-2-4-12(14)16/h7,10,25H,1-6,8-9H2,(H3,19,21,22,23,26,27). The molecule has 5 rings (SSSR count). The van der Waals surface area contributed by atoms with Crippen LogP contribution in [0.2, 0.25) is 0 Å². The average molecular weight is 418 g/mol. The molecule has 0 spiro atoms. The van der Waals surface area contributed by atoms with Crippen molar-refractivity contribution in [3.05, 3.63) is 28.7 Å². The lowest BCUT2D eigenvalue weighted by Crippen LogP contribution is -2.31. The van der Waals surface area contributed by atoms with Crippen LogP contribution in [0.25, 0.3) is 0 Å². The fourth-order valence-electron chi connectivity index (χ4n) is 4.30. The number of nitrogens with zero attached hydrogens (tertiary/aromatic N) is 4. The molecular weight excluding hydrogens is 396 g/mol. The van der Waals surface area contributed by atoms with Gasteiger partial charge in [0.1, 0.15) is 17.6 Å². The summed E-state index contributed by atoms with van der Waals surface area (Å²) in [5.41, 5.74) is 4.94. The van der Waals surface area contributed by atoms with E-state index in [0.717, 1.165) is 66.7 Å². The maximum atomic E-state index is 13.0. The summed E-state index contributed by atoms with van der Waals surface area (Å²) in [6, 6.07) is -0.761. The Morgan fingerprint density at radius 1 is 1.28 bits per heavy atom. The Kier molecular flexibility index (Phi) is 4.33. The summed E-state index contributed by atoms with van der Waals surface area (Å²) in [4.78, 5) is 17.5. The number of nitrogens with two attached hydrogens (primary N) is 1. The van der Waals surface area contributed by atoms with Crippen LogP contribution >= 0.6 is 0 Å². The number of amides is 2. The molecule has 0 aromatic carbocycles. The van der Waals surface area contributed by atoms with Crippen LogP contribution in [0.15, 0.2) is 15.5 Å². The van der Waals surface area contributed by atoms with E-state index in [9.17, 15) is 14.1 Å². The van der Waals surface area contributed by atoms with Gasteiger partial charge in [0.2, 0.25) is 5.88 Å². The summed E-state index contributed by atoms with van der Waals surface area (Å²) in [5.74, 6) is 0.171. The number of aliphatic hydroxyl groups is 1. The number of aryl methyl sites for hydroxylation is 2. The molecule has 11 heteroatoms. The van der Waals surface area contributed by atoms with Crippen molar-refractivity contribution in [2.45, 2.75) is 56.1 Å².